The summed E-state index contributed by atoms with van der Waals surface area (Å²) in [5.41, 5.74) is 1.65. The van der Waals surface area contributed by atoms with Crippen LogP contribution in [0.1, 0.15) is 36.8 Å². The van der Waals surface area contributed by atoms with Gasteiger partial charge in [-0.15, -0.1) is 0 Å². The second-order valence-corrected chi connectivity index (χ2v) is 8.64. The Morgan fingerprint density at radius 3 is 2.47 bits per heavy atom. The Kier molecular flexibility index (Phi) is 6.60. The number of ether oxygens (including phenoxy) is 2. The Morgan fingerprint density at radius 2 is 1.75 bits per heavy atom. The highest BCUT2D eigenvalue weighted by molar-refractivity contribution is 5.91. The van der Waals surface area contributed by atoms with Crippen molar-refractivity contribution in [2.24, 2.45) is 0 Å². The number of amides is 2. The molecule has 2 amide bonds. The number of aryl methyl sites for hydroxylation is 1. The van der Waals surface area contributed by atoms with Crippen LogP contribution in [0.3, 0.4) is 0 Å². The van der Waals surface area contributed by atoms with Crippen molar-refractivity contribution in [3.8, 4) is 11.5 Å². The minimum absolute atomic E-state index is 0.0972. The van der Waals surface area contributed by atoms with E-state index < -0.39 is 5.54 Å². The molecule has 1 aromatic carbocycles. The quantitative estimate of drug-likeness (QED) is 0.690. The number of anilines is 1. The highest BCUT2D eigenvalue weighted by atomic mass is 16.6. The van der Waals surface area contributed by atoms with Crippen molar-refractivity contribution in [3.05, 3.63) is 47.7 Å². The maximum Gasteiger partial charge on any atom is 0.239 e. The number of aromatic nitrogens is 1. The van der Waals surface area contributed by atoms with Gasteiger partial charge < -0.3 is 20.1 Å². The molecule has 0 bridgehead atoms. The van der Waals surface area contributed by atoms with Crippen LogP contribution < -0.4 is 20.1 Å². The summed E-state index contributed by atoms with van der Waals surface area (Å²) in [6.45, 7) is 3.24. The van der Waals surface area contributed by atoms with E-state index in [0.717, 1.165) is 48.3 Å². The molecule has 1 fully saturated rings. The standard InChI is InChI=1S/C24H30N4O4/c1-17-5-8-21(25-14-17)26-22(29)15-28(2)16-23(30)27-24(9-3-4-10-24)18-6-7-19-20(13-18)32-12-11-31-19/h5-8,13-14H,3-4,9-12,15-16H2,1-2H3,(H,27,30)(H,25,26,29). The number of rotatable bonds is 7. The molecule has 2 N–H and O–H groups in total. The number of hydrogen-bond acceptors (Lipinski definition) is 6. The molecule has 1 aromatic heterocycles. The highest BCUT2D eigenvalue weighted by Crippen LogP contribution is 2.42. The van der Waals surface area contributed by atoms with Crippen molar-refractivity contribution in [1.29, 1.82) is 0 Å². The van der Waals surface area contributed by atoms with Crippen molar-refractivity contribution in [1.82, 2.24) is 15.2 Å². The van der Waals surface area contributed by atoms with E-state index in [2.05, 4.69) is 15.6 Å². The summed E-state index contributed by atoms with van der Waals surface area (Å²) in [6, 6.07) is 9.58. The minimum Gasteiger partial charge on any atom is -0.486 e. The van der Waals surface area contributed by atoms with E-state index in [4.69, 9.17) is 9.47 Å². The van der Waals surface area contributed by atoms with Gasteiger partial charge in [0.2, 0.25) is 11.8 Å². The monoisotopic (exact) mass is 438 g/mol. The van der Waals surface area contributed by atoms with Crippen LogP contribution in [0.15, 0.2) is 36.5 Å². The van der Waals surface area contributed by atoms with E-state index in [1.54, 1.807) is 24.2 Å². The molecule has 2 aliphatic rings. The number of nitrogens with zero attached hydrogens (tertiary/aromatic N) is 2. The predicted molar refractivity (Wildman–Crippen MR) is 121 cm³/mol. The van der Waals surface area contributed by atoms with Crippen molar-refractivity contribution in [2.45, 2.75) is 38.1 Å². The fourth-order valence-electron chi connectivity index (χ4n) is 4.38. The molecule has 4 rings (SSSR count). The van der Waals surface area contributed by atoms with Gasteiger partial charge in [0.1, 0.15) is 19.0 Å². The normalized spacial score (nSPS) is 16.6. The first-order valence-corrected chi connectivity index (χ1v) is 11.1. The lowest BCUT2D eigenvalue weighted by Crippen LogP contribution is -2.48. The van der Waals surface area contributed by atoms with Crippen molar-refractivity contribution < 1.29 is 19.1 Å². The van der Waals surface area contributed by atoms with Gasteiger partial charge in [-0.3, -0.25) is 14.5 Å². The smallest absolute Gasteiger partial charge is 0.239 e. The van der Waals surface area contributed by atoms with Crippen LogP contribution in [-0.2, 0) is 15.1 Å². The van der Waals surface area contributed by atoms with Crippen molar-refractivity contribution in [2.75, 3.05) is 38.7 Å². The third kappa shape index (κ3) is 5.19. The second-order valence-electron chi connectivity index (χ2n) is 8.64. The topological polar surface area (TPSA) is 92.8 Å². The van der Waals surface area contributed by atoms with E-state index >= 15 is 0 Å². The number of carbonyl (C=O) groups excluding carboxylic acids is 2. The third-order valence-electron chi connectivity index (χ3n) is 5.94. The molecule has 8 nitrogen and oxygen atoms in total. The minimum atomic E-state index is -0.415. The average molecular weight is 439 g/mol. The molecular formula is C24H30N4O4. The Morgan fingerprint density at radius 1 is 1.03 bits per heavy atom. The molecule has 0 spiro atoms. The lowest BCUT2D eigenvalue weighted by molar-refractivity contribution is -0.124. The van der Waals surface area contributed by atoms with E-state index in [9.17, 15) is 9.59 Å². The fraction of sp³-hybridized carbons (Fsp3) is 0.458. The van der Waals surface area contributed by atoms with Gasteiger partial charge in [0.05, 0.1) is 18.6 Å². The largest absolute Gasteiger partial charge is 0.486 e. The van der Waals surface area contributed by atoms with E-state index in [0.29, 0.717) is 19.0 Å². The second kappa shape index (κ2) is 9.56. The van der Waals surface area contributed by atoms with Gasteiger partial charge in [-0.25, -0.2) is 4.98 Å². The van der Waals surface area contributed by atoms with Crippen LogP contribution in [0.25, 0.3) is 0 Å². The van der Waals surface area contributed by atoms with E-state index in [-0.39, 0.29) is 24.9 Å². The maximum atomic E-state index is 12.9. The van der Waals surface area contributed by atoms with Crippen LogP contribution in [0, 0.1) is 6.92 Å². The van der Waals surface area contributed by atoms with Gasteiger partial charge in [0, 0.05) is 6.20 Å². The lowest BCUT2D eigenvalue weighted by Gasteiger charge is -2.33. The van der Waals surface area contributed by atoms with Crippen molar-refractivity contribution in [3.63, 3.8) is 0 Å². The molecule has 0 radical (unpaired) electrons. The molecule has 2 heterocycles. The van der Waals surface area contributed by atoms with Gasteiger partial charge in [-0.05, 0) is 56.1 Å². The van der Waals surface area contributed by atoms with Crippen molar-refractivity contribution >= 4 is 17.6 Å². The lowest BCUT2D eigenvalue weighted by atomic mass is 9.87. The summed E-state index contributed by atoms with van der Waals surface area (Å²) in [5.74, 6) is 1.66. The summed E-state index contributed by atoms with van der Waals surface area (Å²) < 4.78 is 11.4. The van der Waals surface area contributed by atoms with Crippen LogP contribution in [0.2, 0.25) is 0 Å². The zero-order chi connectivity index (χ0) is 22.6. The fourth-order valence-corrected chi connectivity index (χ4v) is 4.38. The van der Waals surface area contributed by atoms with E-state index in [1.165, 1.54) is 0 Å². The first kappa shape index (κ1) is 22.1. The molecule has 2 aromatic rings. The summed E-state index contributed by atoms with van der Waals surface area (Å²) in [6.07, 6.45) is 5.56. The van der Waals surface area contributed by atoms with Gasteiger partial charge >= 0.3 is 0 Å². The maximum absolute atomic E-state index is 12.9. The van der Waals surface area contributed by atoms with Crippen LogP contribution >= 0.6 is 0 Å². The zero-order valence-corrected chi connectivity index (χ0v) is 18.6. The van der Waals surface area contributed by atoms with Crippen LogP contribution in [0.5, 0.6) is 11.5 Å². The SMILES string of the molecule is Cc1ccc(NC(=O)CN(C)CC(=O)NC2(c3ccc4c(c3)OCCO4)CCCC2)nc1. The molecular weight excluding hydrogens is 408 g/mol. The van der Waals surface area contributed by atoms with Gasteiger partial charge in [-0.1, -0.05) is 25.0 Å². The molecule has 8 heteroatoms. The molecule has 170 valence electrons. The number of hydrogen-bond donors (Lipinski definition) is 2. The Balaban J connectivity index is 1.36. The van der Waals surface area contributed by atoms with E-state index in [1.807, 2.05) is 31.2 Å². The molecule has 1 saturated carbocycles. The number of benzene rings is 1. The Hall–Kier alpha value is -3.13. The number of pyridine rings is 1. The summed E-state index contributed by atoms with van der Waals surface area (Å²) >= 11 is 0. The highest BCUT2D eigenvalue weighted by Gasteiger charge is 2.38. The molecule has 1 aliphatic heterocycles. The number of likely N-dealkylation sites (N-methyl/N-ethyl adjacent to an activating group) is 1. The van der Waals surface area contributed by atoms with Gasteiger partial charge in [0.25, 0.3) is 0 Å². The molecule has 1 aliphatic carbocycles. The number of fused-ring (bicyclic) bond motifs is 1. The molecule has 0 unspecified atom stereocenters. The summed E-state index contributed by atoms with van der Waals surface area (Å²) in [7, 11) is 1.76. The first-order valence-electron chi connectivity index (χ1n) is 11.1. The molecule has 32 heavy (non-hydrogen) atoms. The predicted octanol–water partition coefficient (Wildman–Crippen LogP) is 2.62. The third-order valence-corrected chi connectivity index (χ3v) is 5.94. The molecule has 0 saturated heterocycles. The molecule has 0 atom stereocenters. The number of carbonyl (C=O) groups is 2. The summed E-state index contributed by atoms with van der Waals surface area (Å²) in [4.78, 5) is 31.1. The zero-order valence-electron chi connectivity index (χ0n) is 18.6. The Labute approximate surface area is 188 Å². The van der Waals surface area contributed by atoms with Crippen LogP contribution in [0.4, 0.5) is 5.82 Å². The Bertz CT molecular complexity index is 970. The number of nitrogens with one attached hydrogen (secondary N) is 2. The summed E-state index contributed by atoms with van der Waals surface area (Å²) in [5, 5.41) is 6.01. The first-order chi connectivity index (χ1) is 15.4. The average Bonchev–Trinajstić information content (AvgIpc) is 3.24. The van der Waals surface area contributed by atoms with Crippen LogP contribution in [-0.4, -0.2) is 55.0 Å². The van der Waals surface area contributed by atoms with Gasteiger partial charge in [-0.2, -0.15) is 0 Å². The van der Waals surface area contributed by atoms with Gasteiger partial charge in [0.15, 0.2) is 11.5 Å².